The molecule has 0 aromatic carbocycles. The highest BCUT2D eigenvalue weighted by atomic mass is 16.3. The summed E-state index contributed by atoms with van der Waals surface area (Å²) in [5, 5.41) is 12.3. The molecule has 4 nitrogen and oxygen atoms in total. The van der Waals surface area contributed by atoms with E-state index in [2.05, 4.69) is 19.2 Å². The van der Waals surface area contributed by atoms with Crippen molar-refractivity contribution in [1.82, 2.24) is 5.32 Å². The molecule has 0 aromatic heterocycles. The predicted molar refractivity (Wildman–Crippen MR) is 61.3 cm³/mol. The van der Waals surface area contributed by atoms with Crippen LogP contribution in [-0.2, 0) is 4.79 Å². The summed E-state index contributed by atoms with van der Waals surface area (Å²) in [5.41, 5.74) is 5.83. The summed E-state index contributed by atoms with van der Waals surface area (Å²) in [5.74, 6) is 0.221. The fourth-order valence-corrected chi connectivity index (χ4v) is 1.59. The van der Waals surface area contributed by atoms with E-state index in [9.17, 15) is 9.90 Å². The number of carbonyl (C=O) groups excluding carboxylic acids is 1. The third-order valence-corrected chi connectivity index (χ3v) is 2.53. The molecule has 0 heterocycles. The molecule has 15 heavy (non-hydrogen) atoms. The first kappa shape index (κ1) is 14.4. The van der Waals surface area contributed by atoms with Crippen molar-refractivity contribution in [3.8, 4) is 0 Å². The van der Waals surface area contributed by atoms with Gasteiger partial charge in [-0.15, -0.1) is 0 Å². The van der Waals surface area contributed by atoms with E-state index in [4.69, 9.17) is 5.73 Å². The minimum absolute atomic E-state index is 0.0502. The summed E-state index contributed by atoms with van der Waals surface area (Å²) in [7, 11) is 1.60. The van der Waals surface area contributed by atoms with Crippen molar-refractivity contribution in [3.63, 3.8) is 0 Å². The average molecular weight is 216 g/mol. The number of carbonyl (C=O) groups is 1. The third kappa shape index (κ3) is 5.74. The van der Waals surface area contributed by atoms with Crippen LogP contribution in [0.25, 0.3) is 0 Å². The Balaban J connectivity index is 4.00. The Morgan fingerprint density at radius 3 is 2.27 bits per heavy atom. The van der Waals surface area contributed by atoms with Gasteiger partial charge < -0.3 is 16.2 Å². The van der Waals surface area contributed by atoms with Crippen molar-refractivity contribution < 1.29 is 9.90 Å². The van der Waals surface area contributed by atoms with Crippen LogP contribution < -0.4 is 11.1 Å². The topological polar surface area (TPSA) is 75.3 Å². The van der Waals surface area contributed by atoms with E-state index in [0.29, 0.717) is 12.3 Å². The highest BCUT2D eigenvalue weighted by Gasteiger charge is 2.21. The van der Waals surface area contributed by atoms with Crippen molar-refractivity contribution in [2.75, 3.05) is 7.05 Å². The van der Waals surface area contributed by atoms with Crippen molar-refractivity contribution in [3.05, 3.63) is 0 Å². The maximum absolute atomic E-state index is 11.2. The highest BCUT2D eigenvalue weighted by Crippen LogP contribution is 2.13. The summed E-state index contributed by atoms with van der Waals surface area (Å²) in [6, 6.07) is -0.239. The second-order valence-corrected chi connectivity index (χ2v) is 4.61. The van der Waals surface area contributed by atoms with Crippen molar-refractivity contribution in [2.45, 2.75) is 45.8 Å². The molecule has 0 aliphatic heterocycles. The third-order valence-electron chi connectivity index (χ3n) is 2.53. The first-order chi connectivity index (χ1) is 6.88. The Morgan fingerprint density at radius 2 is 1.87 bits per heavy atom. The van der Waals surface area contributed by atoms with Crippen LogP contribution in [0.2, 0.25) is 0 Å². The van der Waals surface area contributed by atoms with Gasteiger partial charge in [0.2, 0.25) is 5.91 Å². The lowest BCUT2D eigenvalue weighted by atomic mass is 9.93. The van der Waals surface area contributed by atoms with Gasteiger partial charge in [0.05, 0.1) is 6.10 Å². The zero-order chi connectivity index (χ0) is 12.0. The van der Waals surface area contributed by atoms with Gasteiger partial charge in [0.15, 0.2) is 0 Å². The zero-order valence-corrected chi connectivity index (χ0v) is 10.2. The van der Waals surface area contributed by atoms with Gasteiger partial charge in [-0.25, -0.2) is 0 Å². The molecule has 0 fully saturated rings. The van der Waals surface area contributed by atoms with Gasteiger partial charge in [-0.1, -0.05) is 20.8 Å². The lowest BCUT2D eigenvalue weighted by Crippen LogP contribution is -2.39. The molecule has 0 spiro atoms. The van der Waals surface area contributed by atoms with Crippen LogP contribution in [0.5, 0.6) is 0 Å². The predicted octanol–water partition coefficient (Wildman–Crippen LogP) is 0.493. The Bertz CT molecular complexity index is 195. The smallest absolute Gasteiger partial charge is 0.222 e. The molecule has 0 bridgehead atoms. The molecule has 0 aliphatic rings. The van der Waals surface area contributed by atoms with Gasteiger partial charge in [-0.2, -0.15) is 0 Å². The first-order valence-corrected chi connectivity index (χ1v) is 5.53. The average Bonchev–Trinajstić information content (AvgIpc) is 2.15. The summed E-state index contributed by atoms with van der Waals surface area (Å²) in [6.07, 6.45) is 0.606. The van der Waals surface area contributed by atoms with Crippen LogP contribution in [0.3, 0.4) is 0 Å². The number of aliphatic hydroxyl groups is 1. The van der Waals surface area contributed by atoms with Crippen LogP contribution in [0, 0.1) is 11.8 Å². The lowest BCUT2D eigenvalue weighted by Gasteiger charge is -2.22. The zero-order valence-electron chi connectivity index (χ0n) is 10.2. The quantitative estimate of drug-likeness (QED) is 0.605. The molecular weight excluding hydrogens is 192 g/mol. The molecule has 0 saturated carbocycles. The van der Waals surface area contributed by atoms with E-state index in [-0.39, 0.29) is 17.9 Å². The normalized spacial score (nSPS) is 17.3. The van der Waals surface area contributed by atoms with E-state index < -0.39 is 6.10 Å². The van der Waals surface area contributed by atoms with Crippen molar-refractivity contribution in [1.29, 1.82) is 0 Å². The van der Waals surface area contributed by atoms with Crippen LogP contribution in [0.15, 0.2) is 0 Å². The second kappa shape index (κ2) is 6.80. The van der Waals surface area contributed by atoms with E-state index in [1.54, 1.807) is 14.0 Å². The Hall–Kier alpha value is -0.610. The molecule has 0 saturated heterocycles. The van der Waals surface area contributed by atoms with Gasteiger partial charge in [-0.05, 0) is 18.8 Å². The maximum atomic E-state index is 11.2. The number of nitrogens with two attached hydrogens (primary N) is 1. The second-order valence-electron chi connectivity index (χ2n) is 4.61. The van der Waals surface area contributed by atoms with Crippen LogP contribution in [0.4, 0.5) is 0 Å². The number of amides is 1. The lowest BCUT2D eigenvalue weighted by molar-refractivity contribution is -0.125. The molecule has 0 aromatic rings. The molecule has 4 heteroatoms. The van der Waals surface area contributed by atoms with Crippen molar-refractivity contribution >= 4 is 5.91 Å². The van der Waals surface area contributed by atoms with E-state index >= 15 is 0 Å². The molecule has 0 radical (unpaired) electrons. The van der Waals surface area contributed by atoms with Crippen molar-refractivity contribution in [2.24, 2.45) is 17.6 Å². The Kier molecular flexibility index (Phi) is 6.52. The van der Waals surface area contributed by atoms with Gasteiger partial charge in [0, 0.05) is 19.0 Å². The summed E-state index contributed by atoms with van der Waals surface area (Å²) < 4.78 is 0. The minimum atomic E-state index is -0.598. The summed E-state index contributed by atoms with van der Waals surface area (Å²) >= 11 is 0. The maximum Gasteiger partial charge on any atom is 0.222 e. The van der Waals surface area contributed by atoms with Crippen LogP contribution >= 0.6 is 0 Å². The molecule has 3 atom stereocenters. The molecule has 0 rings (SSSR count). The monoisotopic (exact) mass is 216 g/mol. The van der Waals surface area contributed by atoms with Crippen LogP contribution in [-0.4, -0.2) is 30.2 Å². The number of rotatable bonds is 6. The van der Waals surface area contributed by atoms with Gasteiger partial charge in [0.25, 0.3) is 0 Å². The standard InChI is InChI=1S/C11H24N2O2/c1-7(2)5-9(12)10(14)6-8(3)11(15)13-4/h7-10,14H,5-6,12H2,1-4H3,(H,13,15)/t8-,9+,10+/m1/s1. The SMILES string of the molecule is CNC(=O)[C@H](C)C[C@H](O)[C@@H](N)CC(C)C. The first-order valence-electron chi connectivity index (χ1n) is 5.53. The van der Waals surface area contributed by atoms with E-state index in [1.165, 1.54) is 0 Å². The van der Waals surface area contributed by atoms with Crippen LogP contribution in [0.1, 0.15) is 33.6 Å². The largest absolute Gasteiger partial charge is 0.391 e. The van der Waals surface area contributed by atoms with E-state index in [0.717, 1.165) is 6.42 Å². The molecule has 90 valence electrons. The molecule has 1 amide bonds. The van der Waals surface area contributed by atoms with Gasteiger partial charge >= 0.3 is 0 Å². The number of hydrogen-bond donors (Lipinski definition) is 3. The number of hydrogen-bond acceptors (Lipinski definition) is 3. The fourth-order valence-electron chi connectivity index (χ4n) is 1.59. The fraction of sp³-hybridized carbons (Fsp3) is 0.909. The van der Waals surface area contributed by atoms with Gasteiger partial charge in [0.1, 0.15) is 0 Å². The number of aliphatic hydroxyl groups excluding tert-OH is 1. The summed E-state index contributed by atoms with van der Waals surface area (Å²) in [4.78, 5) is 11.2. The Labute approximate surface area is 92.2 Å². The molecule has 0 aliphatic carbocycles. The van der Waals surface area contributed by atoms with Gasteiger partial charge in [-0.3, -0.25) is 4.79 Å². The minimum Gasteiger partial charge on any atom is -0.391 e. The van der Waals surface area contributed by atoms with E-state index in [1.807, 2.05) is 0 Å². The summed E-state index contributed by atoms with van der Waals surface area (Å²) in [6.45, 7) is 5.92. The molecule has 0 unspecified atom stereocenters. The molecule has 4 N–H and O–H groups in total. The molecular formula is C11H24N2O2. The Morgan fingerprint density at radius 1 is 1.33 bits per heavy atom. The highest BCUT2D eigenvalue weighted by molar-refractivity contribution is 5.77. The number of nitrogens with one attached hydrogen (secondary N) is 1.